The minimum absolute atomic E-state index is 0.168. The average Bonchev–Trinajstić information content (AvgIpc) is 2.59. The number of halogens is 1. The fourth-order valence-electron chi connectivity index (χ4n) is 2.47. The van der Waals surface area contributed by atoms with Gasteiger partial charge in [0, 0.05) is 24.8 Å². The lowest BCUT2D eigenvalue weighted by Crippen LogP contribution is -2.38. The number of nitrogens with zero attached hydrogens (tertiary/aromatic N) is 2. The third-order valence-electron chi connectivity index (χ3n) is 3.42. The summed E-state index contributed by atoms with van der Waals surface area (Å²) < 4.78 is 0. The smallest absolute Gasteiger partial charge is 0.147 e. The first-order chi connectivity index (χ1) is 8.04. The summed E-state index contributed by atoms with van der Waals surface area (Å²) in [6.45, 7) is 6.35. The summed E-state index contributed by atoms with van der Waals surface area (Å²) in [6.07, 6.45) is 4.32. The van der Waals surface area contributed by atoms with Crippen LogP contribution in [-0.4, -0.2) is 24.1 Å². The molecule has 1 saturated heterocycles. The van der Waals surface area contributed by atoms with Crippen LogP contribution in [0.5, 0.6) is 0 Å². The van der Waals surface area contributed by atoms with E-state index in [0.717, 1.165) is 29.5 Å². The zero-order valence-corrected chi connectivity index (χ0v) is 11.5. The molecule has 0 aliphatic carbocycles. The van der Waals surface area contributed by atoms with E-state index in [9.17, 15) is 0 Å². The largest absolute Gasteiger partial charge is 0.350 e. The zero-order chi connectivity index (χ0) is 12.5. The molecule has 0 atom stereocenters. The van der Waals surface area contributed by atoms with Gasteiger partial charge in [-0.15, -0.1) is 0 Å². The third kappa shape index (κ3) is 2.55. The number of aromatic nitrogens is 1. The molecule has 0 spiro atoms. The Hall–Kier alpha value is -0.800. The van der Waals surface area contributed by atoms with Crippen molar-refractivity contribution < 1.29 is 0 Å². The van der Waals surface area contributed by atoms with E-state index in [1.165, 1.54) is 12.8 Å². The van der Waals surface area contributed by atoms with Crippen LogP contribution >= 0.6 is 11.6 Å². The van der Waals surface area contributed by atoms with Crippen molar-refractivity contribution >= 4 is 17.4 Å². The van der Waals surface area contributed by atoms with Crippen molar-refractivity contribution in [3.8, 4) is 0 Å². The maximum absolute atomic E-state index is 6.34. The first kappa shape index (κ1) is 12.7. The van der Waals surface area contributed by atoms with Crippen molar-refractivity contribution in [2.24, 2.45) is 0 Å². The Morgan fingerprint density at radius 3 is 2.82 bits per heavy atom. The highest BCUT2D eigenvalue weighted by Crippen LogP contribution is 2.36. The Labute approximate surface area is 108 Å². The van der Waals surface area contributed by atoms with Gasteiger partial charge < -0.3 is 10.2 Å². The normalized spacial score (nSPS) is 18.7. The first-order valence-electron chi connectivity index (χ1n) is 6.11. The third-order valence-corrected chi connectivity index (χ3v) is 3.69. The van der Waals surface area contributed by atoms with Gasteiger partial charge in [0.15, 0.2) is 0 Å². The first-order valence-corrected chi connectivity index (χ1v) is 6.49. The summed E-state index contributed by atoms with van der Waals surface area (Å²) in [5.74, 6) is 0.925. The molecule has 1 aromatic heterocycles. The maximum Gasteiger partial charge on any atom is 0.147 e. The van der Waals surface area contributed by atoms with Crippen LogP contribution in [0.1, 0.15) is 32.3 Å². The predicted molar refractivity (Wildman–Crippen MR) is 72.7 cm³/mol. The van der Waals surface area contributed by atoms with Gasteiger partial charge in [0.1, 0.15) is 5.82 Å². The standard InChI is InChI=1S/C13H20ClN3/c1-13(2)5-4-6-17(13)12-11(14)7-10(8-15-3)9-16-12/h7,9,15H,4-6,8H2,1-3H3. The number of hydrogen-bond donors (Lipinski definition) is 1. The molecular formula is C13H20ClN3. The van der Waals surface area contributed by atoms with Gasteiger partial charge in [0.25, 0.3) is 0 Å². The lowest BCUT2D eigenvalue weighted by Gasteiger charge is -2.33. The maximum atomic E-state index is 6.34. The van der Waals surface area contributed by atoms with Gasteiger partial charge in [0.05, 0.1) is 5.02 Å². The van der Waals surface area contributed by atoms with Crippen LogP contribution in [0.3, 0.4) is 0 Å². The molecule has 2 rings (SSSR count). The second-order valence-electron chi connectivity index (χ2n) is 5.25. The molecule has 1 aromatic rings. The highest BCUT2D eigenvalue weighted by molar-refractivity contribution is 6.33. The van der Waals surface area contributed by atoms with Gasteiger partial charge in [-0.05, 0) is 45.4 Å². The minimum atomic E-state index is 0.168. The lowest BCUT2D eigenvalue weighted by molar-refractivity contribution is 0.514. The Balaban J connectivity index is 2.27. The van der Waals surface area contributed by atoms with E-state index in [1.54, 1.807) is 0 Å². The summed E-state index contributed by atoms with van der Waals surface area (Å²) in [5, 5.41) is 3.86. The number of hydrogen-bond acceptors (Lipinski definition) is 3. The molecular weight excluding hydrogens is 234 g/mol. The van der Waals surface area contributed by atoms with Crippen LogP contribution in [0.2, 0.25) is 5.02 Å². The highest BCUT2D eigenvalue weighted by Gasteiger charge is 2.33. The van der Waals surface area contributed by atoms with Crippen molar-refractivity contribution in [2.75, 3.05) is 18.5 Å². The molecule has 1 aliphatic heterocycles. The molecule has 0 unspecified atom stereocenters. The zero-order valence-electron chi connectivity index (χ0n) is 10.8. The quantitative estimate of drug-likeness (QED) is 0.898. The molecule has 1 N–H and O–H groups in total. The molecule has 17 heavy (non-hydrogen) atoms. The van der Waals surface area contributed by atoms with E-state index >= 15 is 0 Å². The molecule has 1 fully saturated rings. The van der Waals surface area contributed by atoms with Gasteiger partial charge in [-0.1, -0.05) is 11.6 Å². The Kier molecular flexibility index (Phi) is 3.59. The number of pyridine rings is 1. The predicted octanol–water partition coefficient (Wildman–Crippen LogP) is 2.83. The second kappa shape index (κ2) is 4.83. The van der Waals surface area contributed by atoms with Crippen molar-refractivity contribution in [1.29, 1.82) is 0 Å². The van der Waals surface area contributed by atoms with Gasteiger partial charge in [0.2, 0.25) is 0 Å². The van der Waals surface area contributed by atoms with Crippen LogP contribution in [0, 0.1) is 0 Å². The molecule has 94 valence electrons. The van der Waals surface area contributed by atoms with Crippen molar-refractivity contribution in [3.05, 3.63) is 22.8 Å². The van der Waals surface area contributed by atoms with Crippen LogP contribution in [0.25, 0.3) is 0 Å². The van der Waals surface area contributed by atoms with E-state index in [4.69, 9.17) is 11.6 Å². The van der Waals surface area contributed by atoms with Crippen LogP contribution in [0.15, 0.2) is 12.3 Å². The van der Waals surface area contributed by atoms with Gasteiger partial charge >= 0.3 is 0 Å². The van der Waals surface area contributed by atoms with Gasteiger partial charge in [-0.25, -0.2) is 4.98 Å². The molecule has 4 heteroatoms. The van der Waals surface area contributed by atoms with Gasteiger partial charge in [-0.2, -0.15) is 0 Å². The van der Waals surface area contributed by atoms with Crippen molar-refractivity contribution in [1.82, 2.24) is 10.3 Å². The van der Waals surface area contributed by atoms with E-state index in [-0.39, 0.29) is 5.54 Å². The molecule has 0 amide bonds. The minimum Gasteiger partial charge on any atom is -0.350 e. The fraction of sp³-hybridized carbons (Fsp3) is 0.615. The molecule has 0 aromatic carbocycles. The Morgan fingerprint density at radius 1 is 1.53 bits per heavy atom. The fourth-order valence-corrected chi connectivity index (χ4v) is 2.76. The highest BCUT2D eigenvalue weighted by atomic mass is 35.5. The van der Waals surface area contributed by atoms with Crippen molar-refractivity contribution in [2.45, 2.75) is 38.8 Å². The van der Waals surface area contributed by atoms with Crippen LogP contribution in [-0.2, 0) is 6.54 Å². The summed E-state index contributed by atoms with van der Waals surface area (Å²) in [5.41, 5.74) is 1.29. The SMILES string of the molecule is CNCc1cnc(N2CCCC2(C)C)c(Cl)c1. The van der Waals surface area contributed by atoms with E-state index in [0.29, 0.717) is 0 Å². The summed E-state index contributed by atoms with van der Waals surface area (Å²) in [4.78, 5) is 6.85. The molecule has 1 aliphatic rings. The molecule has 0 radical (unpaired) electrons. The number of anilines is 1. The summed E-state index contributed by atoms with van der Waals surface area (Å²) in [7, 11) is 1.92. The lowest BCUT2D eigenvalue weighted by atomic mass is 10.0. The number of nitrogens with one attached hydrogen (secondary N) is 1. The van der Waals surface area contributed by atoms with Gasteiger partial charge in [-0.3, -0.25) is 0 Å². The molecule has 0 bridgehead atoms. The van der Waals surface area contributed by atoms with Crippen LogP contribution < -0.4 is 10.2 Å². The summed E-state index contributed by atoms with van der Waals surface area (Å²) in [6, 6.07) is 2.01. The average molecular weight is 254 g/mol. The van der Waals surface area contributed by atoms with Crippen molar-refractivity contribution in [3.63, 3.8) is 0 Å². The summed E-state index contributed by atoms with van der Waals surface area (Å²) >= 11 is 6.34. The topological polar surface area (TPSA) is 28.2 Å². The van der Waals surface area contributed by atoms with E-state index in [1.807, 2.05) is 19.3 Å². The Morgan fingerprint density at radius 2 is 2.29 bits per heavy atom. The molecule has 2 heterocycles. The molecule has 3 nitrogen and oxygen atoms in total. The Bertz CT molecular complexity index is 404. The van der Waals surface area contributed by atoms with E-state index in [2.05, 4.69) is 29.0 Å². The van der Waals surface area contributed by atoms with E-state index < -0.39 is 0 Å². The monoisotopic (exact) mass is 253 g/mol. The molecule has 0 saturated carbocycles. The second-order valence-corrected chi connectivity index (χ2v) is 5.65. The van der Waals surface area contributed by atoms with Crippen LogP contribution in [0.4, 0.5) is 5.82 Å². The number of rotatable bonds is 3.